The van der Waals surface area contributed by atoms with E-state index >= 15 is 0 Å². The van der Waals surface area contributed by atoms with Crippen molar-refractivity contribution in [2.75, 3.05) is 12.4 Å². The number of halogens is 1. The molecule has 0 spiro atoms. The zero-order valence-electron chi connectivity index (χ0n) is 18.6. The Balaban J connectivity index is 1.67. The number of benzene rings is 2. The van der Waals surface area contributed by atoms with Gasteiger partial charge in [0.2, 0.25) is 0 Å². The third-order valence-corrected chi connectivity index (χ3v) is 7.65. The van der Waals surface area contributed by atoms with Gasteiger partial charge in [0.1, 0.15) is 5.75 Å². The molecule has 0 saturated carbocycles. The van der Waals surface area contributed by atoms with E-state index < -0.39 is 5.92 Å². The summed E-state index contributed by atoms with van der Waals surface area (Å²) in [6, 6.07) is 21.2. The van der Waals surface area contributed by atoms with E-state index in [-0.39, 0.29) is 5.91 Å². The molecule has 0 radical (unpaired) electrons. The van der Waals surface area contributed by atoms with Crippen molar-refractivity contribution in [2.24, 2.45) is 0 Å². The number of thiophene rings is 1. The number of hydrogen-bond donors (Lipinski definition) is 2. The molecular weight excluding hydrogens is 486 g/mol. The minimum atomic E-state index is -0.464. The van der Waals surface area contributed by atoms with Crippen LogP contribution in [0.4, 0.5) is 5.69 Å². The highest BCUT2D eigenvalue weighted by molar-refractivity contribution is 8.02. The van der Waals surface area contributed by atoms with Crippen LogP contribution in [-0.4, -0.2) is 13.0 Å². The molecule has 0 bridgehead atoms. The van der Waals surface area contributed by atoms with E-state index in [1.807, 2.05) is 60.8 Å². The minimum Gasteiger partial charge on any atom is -0.495 e. The predicted molar refractivity (Wildman–Crippen MR) is 140 cm³/mol. The monoisotopic (exact) mass is 507 g/mol. The van der Waals surface area contributed by atoms with Crippen LogP contribution in [0.25, 0.3) is 0 Å². The molecule has 0 aliphatic carbocycles. The number of thioether (sulfide) groups is 1. The van der Waals surface area contributed by atoms with Crippen LogP contribution in [-0.2, 0) is 10.5 Å². The normalized spacial score (nSPS) is 15.5. The zero-order valence-corrected chi connectivity index (χ0v) is 21.0. The summed E-state index contributed by atoms with van der Waals surface area (Å²) in [6.07, 6.45) is 0. The lowest BCUT2D eigenvalue weighted by Crippen LogP contribution is -2.30. The molecule has 2 heterocycles. The molecule has 1 aliphatic rings. The van der Waals surface area contributed by atoms with Gasteiger partial charge in [-0.25, -0.2) is 0 Å². The first kappa shape index (κ1) is 24.0. The SMILES string of the molecule is COc1ccccc1NC(=O)C1=C(C)NC(SCc2ccc(Cl)cc2)=C(C#N)[C@H]1c1cccs1. The van der Waals surface area contributed by atoms with Crippen LogP contribution in [0.5, 0.6) is 5.75 Å². The number of amides is 1. The van der Waals surface area contributed by atoms with E-state index in [1.165, 1.54) is 23.1 Å². The number of nitrogens with one attached hydrogen (secondary N) is 2. The second-order valence-electron chi connectivity index (χ2n) is 7.54. The molecule has 5 nitrogen and oxygen atoms in total. The highest BCUT2D eigenvalue weighted by Crippen LogP contribution is 2.43. The maximum atomic E-state index is 13.5. The summed E-state index contributed by atoms with van der Waals surface area (Å²) < 4.78 is 5.38. The third-order valence-electron chi connectivity index (χ3n) is 5.37. The summed E-state index contributed by atoms with van der Waals surface area (Å²) in [5.74, 6) is 0.495. The zero-order chi connectivity index (χ0) is 24.1. The van der Waals surface area contributed by atoms with E-state index in [0.717, 1.165) is 15.5 Å². The molecular formula is C26H22ClN3O2S2. The summed E-state index contributed by atoms with van der Waals surface area (Å²) in [6.45, 7) is 1.87. The highest BCUT2D eigenvalue weighted by Gasteiger charge is 2.35. The molecule has 0 unspecified atom stereocenters. The average molecular weight is 508 g/mol. The Kier molecular flexibility index (Phi) is 7.63. The van der Waals surface area contributed by atoms with Crippen molar-refractivity contribution in [3.05, 3.63) is 103 Å². The number of para-hydroxylation sites is 2. The number of hydrogen-bond acceptors (Lipinski definition) is 6. The predicted octanol–water partition coefficient (Wildman–Crippen LogP) is 6.68. The smallest absolute Gasteiger partial charge is 0.254 e. The molecule has 4 rings (SSSR count). The average Bonchev–Trinajstić information content (AvgIpc) is 3.38. The van der Waals surface area contributed by atoms with Gasteiger partial charge in [0.25, 0.3) is 5.91 Å². The molecule has 1 aromatic heterocycles. The molecule has 2 N–H and O–H groups in total. The Labute approximate surface area is 212 Å². The standard InChI is InChI=1S/C26H22ClN3O2S2/c1-16-23(25(31)30-20-6-3-4-7-21(20)32-2)24(22-8-5-13-33-22)19(14-28)26(29-16)34-15-17-9-11-18(27)12-10-17/h3-13,24,29H,15H2,1-2H3,(H,30,31)/t24-/m0/s1. The lowest BCUT2D eigenvalue weighted by atomic mass is 9.86. The Morgan fingerprint density at radius 2 is 1.97 bits per heavy atom. The van der Waals surface area contributed by atoms with Crippen LogP contribution in [0.3, 0.4) is 0 Å². The number of allylic oxidation sites excluding steroid dienone is 2. The third kappa shape index (κ3) is 5.15. The first-order valence-corrected chi connectivity index (χ1v) is 12.7. The van der Waals surface area contributed by atoms with Crippen LogP contribution in [0.1, 0.15) is 23.3 Å². The van der Waals surface area contributed by atoms with Crippen molar-refractivity contribution in [2.45, 2.75) is 18.6 Å². The topological polar surface area (TPSA) is 74.2 Å². The fourth-order valence-corrected chi connectivity index (χ4v) is 5.76. The molecule has 3 aromatic rings. The largest absolute Gasteiger partial charge is 0.495 e. The molecule has 0 fully saturated rings. The van der Waals surface area contributed by atoms with Crippen molar-refractivity contribution in [1.82, 2.24) is 5.32 Å². The van der Waals surface area contributed by atoms with Gasteiger partial charge in [-0.15, -0.1) is 23.1 Å². The van der Waals surface area contributed by atoms with Gasteiger partial charge >= 0.3 is 0 Å². The quantitative estimate of drug-likeness (QED) is 0.373. The number of nitrogens with zero attached hydrogens (tertiary/aromatic N) is 1. The Bertz CT molecular complexity index is 1290. The van der Waals surface area contributed by atoms with Crippen molar-refractivity contribution in [1.29, 1.82) is 5.26 Å². The van der Waals surface area contributed by atoms with E-state index in [1.54, 1.807) is 19.2 Å². The number of ether oxygens (including phenoxy) is 1. The van der Waals surface area contributed by atoms with Crippen LogP contribution in [0.15, 0.2) is 87.9 Å². The highest BCUT2D eigenvalue weighted by atomic mass is 35.5. The summed E-state index contributed by atoms with van der Waals surface area (Å²) >= 11 is 9.07. The summed E-state index contributed by atoms with van der Waals surface area (Å²) in [7, 11) is 1.56. The van der Waals surface area contributed by atoms with Crippen LogP contribution < -0.4 is 15.4 Å². The maximum Gasteiger partial charge on any atom is 0.254 e. The summed E-state index contributed by atoms with van der Waals surface area (Å²) in [4.78, 5) is 14.5. The number of methoxy groups -OCH3 is 1. The molecule has 172 valence electrons. The van der Waals surface area contributed by atoms with Gasteiger partial charge in [-0.05, 0) is 48.2 Å². The van der Waals surface area contributed by atoms with Gasteiger partial charge in [-0.2, -0.15) is 5.26 Å². The van der Waals surface area contributed by atoms with Gasteiger partial charge in [-0.1, -0.05) is 41.9 Å². The second-order valence-corrected chi connectivity index (χ2v) is 9.94. The van der Waals surface area contributed by atoms with Gasteiger partial charge in [-0.3, -0.25) is 4.79 Å². The summed E-state index contributed by atoms with van der Waals surface area (Å²) in [5.41, 5.74) is 3.42. The van der Waals surface area contributed by atoms with Crippen molar-refractivity contribution in [3.8, 4) is 11.8 Å². The fourth-order valence-electron chi connectivity index (χ4n) is 3.74. The van der Waals surface area contributed by atoms with Crippen LogP contribution in [0, 0.1) is 11.3 Å². The van der Waals surface area contributed by atoms with Gasteiger partial charge in [0.05, 0.1) is 35.4 Å². The van der Waals surface area contributed by atoms with Gasteiger partial charge in [0, 0.05) is 26.9 Å². The Hall–Kier alpha value is -3.18. The van der Waals surface area contributed by atoms with E-state index in [9.17, 15) is 10.1 Å². The maximum absolute atomic E-state index is 13.5. The van der Waals surface area contributed by atoms with Gasteiger partial charge < -0.3 is 15.4 Å². The number of rotatable bonds is 7. The van der Waals surface area contributed by atoms with Crippen molar-refractivity contribution in [3.63, 3.8) is 0 Å². The molecule has 0 saturated heterocycles. The molecule has 34 heavy (non-hydrogen) atoms. The molecule has 1 atom stereocenters. The van der Waals surface area contributed by atoms with E-state index in [4.69, 9.17) is 16.3 Å². The molecule has 1 aliphatic heterocycles. The summed E-state index contributed by atoms with van der Waals surface area (Å²) in [5, 5.41) is 19.9. The van der Waals surface area contributed by atoms with Crippen molar-refractivity contribution >= 4 is 46.3 Å². The van der Waals surface area contributed by atoms with Gasteiger partial charge in [0.15, 0.2) is 0 Å². The Morgan fingerprint density at radius 1 is 1.21 bits per heavy atom. The second kappa shape index (κ2) is 10.8. The number of carbonyl (C=O) groups excluding carboxylic acids is 1. The Morgan fingerprint density at radius 3 is 2.65 bits per heavy atom. The first-order valence-electron chi connectivity index (χ1n) is 10.5. The van der Waals surface area contributed by atoms with Crippen LogP contribution >= 0.6 is 34.7 Å². The lowest BCUT2D eigenvalue weighted by molar-refractivity contribution is -0.113. The molecule has 1 amide bonds. The molecule has 8 heteroatoms. The number of dihydropyridines is 1. The van der Waals surface area contributed by atoms with E-state index in [2.05, 4.69) is 16.7 Å². The van der Waals surface area contributed by atoms with E-state index in [0.29, 0.717) is 39.1 Å². The first-order chi connectivity index (χ1) is 16.5. The van der Waals surface area contributed by atoms with Crippen molar-refractivity contribution < 1.29 is 9.53 Å². The minimum absolute atomic E-state index is 0.276. The fraction of sp³-hybridized carbons (Fsp3) is 0.154. The lowest BCUT2D eigenvalue weighted by Gasteiger charge is -2.29. The van der Waals surface area contributed by atoms with Crippen LogP contribution in [0.2, 0.25) is 5.02 Å². The number of nitriles is 1. The number of carbonyl (C=O) groups is 1. The number of anilines is 1. The molecule has 2 aromatic carbocycles.